The third-order valence-electron chi connectivity index (χ3n) is 2.52. The van der Waals surface area contributed by atoms with Crippen LogP contribution in [0.4, 0.5) is 4.39 Å². The molecule has 0 fully saturated rings. The summed E-state index contributed by atoms with van der Waals surface area (Å²) in [5, 5.41) is 11.4. The number of halogens is 1. The molecular formula is C14H14FNO3. The van der Waals surface area contributed by atoms with Crippen molar-refractivity contribution in [2.45, 2.75) is 25.3 Å². The molecule has 4 nitrogen and oxygen atoms in total. The van der Waals surface area contributed by atoms with Crippen molar-refractivity contribution in [1.29, 1.82) is 0 Å². The molecule has 1 amide bonds. The first kappa shape index (κ1) is 14.7. The van der Waals surface area contributed by atoms with Gasteiger partial charge in [0, 0.05) is 12.0 Å². The van der Waals surface area contributed by atoms with E-state index in [1.165, 1.54) is 12.1 Å². The van der Waals surface area contributed by atoms with Gasteiger partial charge in [-0.15, -0.1) is 12.3 Å². The van der Waals surface area contributed by atoms with Crippen molar-refractivity contribution in [2.75, 3.05) is 0 Å². The smallest absolute Gasteiger partial charge is 0.326 e. The second-order valence-corrected chi connectivity index (χ2v) is 3.97. The van der Waals surface area contributed by atoms with Gasteiger partial charge in [-0.2, -0.15) is 0 Å². The maximum Gasteiger partial charge on any atom is 0.326 e. The third-order valence-corrected chi connectivity index (χ3v) is 2.52. The van der Waals surface area contributed by atoms with E-state index in [9.17, 15) is 14.0 Å². The highest BCUT2D eigenvalue weighted by Crippen LogP contribution is 2.05. The quantitative estimate of drug-likeness (QED) is 0.607. The number of carbonyl (C=O) groups is 2. The summed E-state index contributed by atoms with van der Waals surface area (Å²) < 4.78 is 12.7. The summed E-state index contributed by atoms with van der Waals surface area (Å²) in [6.07, 6.45) is 6.30. The Kier molecular flexibility index (Phi) is 5.55. The molecule has 0 spiro atoms. The Bertz CT molecular complexity index is 490. The Morgan fingerprint density at radius 1 is 1.37 bits per heavy atom. The third kappa shape index (κ3) is 4.80. The highest BCUT2D eigenvalue weighted by atomic mass is 19.1. The number of terminal acetylenes is 1. The minimum atomic E-state index is -1.12. The van der Waals surface area contributed by atoms with E-state index in [-0.39, 0.29) is 12.0 Å². The van der Waals surface area contributed by atoms with Crippen LogP contribution in [0.1, 0.15) is 29.6 Å². The van der Waals surface area contributed by atoms with Crippen LogP contribution in [0.25, 0.3) is 0 Å². The van der Waals surface area contributed by atoms with Crippen LogP contribution in [0.5, 0.6) is 0 Å². The summed E-state index contributed by atoms with van der Waals surface area (Å²) in [5.74, 6) is 0.282. The van der Waals surface area contributed by atoms with Gasteiger partial charge in [0.2, 0.25) is 0 Å². The van der Waals surface area contributed by atoms with Gasteiger partial charge in [0.05, 0.1) is 0 Å². The SMILES string of the molecule is C#CCCC[C@H](NC(=O)c1ccc(F)cc1)C(=O)O. The van der Waals surface area contributed by atoms with E-state index in [0.717, 1.165) is 12.1 Å². The highest BCUT2D eigenvalue weighted by molar-refractivity contribution is 5.96. The van der Waals surface area contributed by atoms with Crippen molar-refractivity contribution < 1.29 is 19.1 Å². The maximum absolute atomic E-state index is 12.7. The molecule has 1 atom stereocenters. The standard InChI is InChI=1S/C14H14FNO3/c1-2-3-4-5-12(14(18)19)16-13(17)10-6-8-11(15)9-7-10/h1,6-9,12H,3-5H2,(H,16,17)(H,18,19)/t12-/m0/s1. The monoisotopic (exact) mass is 263 g/mol. The lowest BCUT2D eigenvalue weighted by Crippen LogP contribution is -2.40. The minimum absolute atomic E-state index is 0.213. The van der Waals surface area contributed by atoms with Crippen LogP contribution in [-0.4, -0.2) is 23.0 Å². The number of benzene rings is 1. The first-order valence-corrected chi connectivity index (χ1v) is 5.77. The highest BCUT2D eigenvalue weighted by Gasteiger charge is 2.19. The molecule has 1 aromatic carbocycles. The fourth-order valence-electron chi connectivity index (χ4n) is 1.51. The molecule has 5 heteroatoms. The summed E-state index contributed by atoms with van der Waals surface area (Å²) in [6.45, 7) is 0. The molecule has 0 bridgehead atoms. The number of unbranched alkanes of at least 4 members (excludes halogenated alkanes) is 1. The van der Waals surface area contributed by atoms with E-state index < -0.39 is 23.7 Å². The molecule has 0 unspecified atom stereocenters. The number of nitrogens with one attached hydrogen (secondary N) is 1. The lowest BCUT2D eigenvalue weighted by molar-refractivity contribution is -0.139. The van der Waals surface area contributed by atoms with Gasteiger partial charge < -0.3 is 10.4 Å². The molecule has 0 saturated carbocycles. The molecule has 100 valence electrons. The van der Waals surface area contributed by atoms with Crippen molar-refractivity contribution in [2.24, 2.45) is 0 Å². The summed E-state index contributed by atoms with van der Waals surface area (Å²) in [6, 6.07) is 3.88. The lowest BCUT2D eigenvalue weighted by atomic mass is 10.1. The van der Waals surface area contributed by atoms with E-state index in [2.05, 4.69) is 11.2 Å². The number of amides is 1. The van der Waals surface area contributed by atoms with Crippen molar-refractivity contribution in [3.63, 3.8) is 0 Å². The van der Waals surface area contributed by atoms with E-state index in [4.69, 9.17) is 11.5 Å². The molecule has 0 heterocycles. The van der Waals surface area contributed by atoms with Gasteiger partial charge in [-0.05, 0) is 37.1 Å². The molecule has 0 aromatic heterocycles. The number of carbonyl (C=O) groups excluding carboxylic acids is 1. The summed E-state index contributed by atoms with van der Waals surface area (Å²) in [4.78, 5) is 22.8. The van der Waals surface area contributed by atoms with Crippen LogP contribution in [0.2, 0.25) is 0 Å². The Balaban J connectivity index is 2.63. The zero-order valence-corrected chi connectivity index (χ0v) is 10.2. The average Bonchev–Trinajstić information content (AvgIpc) is 2.38. The first-order chi connectivity index (χ1) is 9.04. The van der Waals surface area contributed by atoms with Crippen LogP contribution in [0.15, 0.2) is 24.3 Å². The second-order valence-electron chi connectivity index (χ2n) is 3.97. The fourth-order valence-corrected chi connectivity index (χ4v) is 1.51. The van der Waals surface area contributed by atoms with Crippen LogP contribution in [0.3, 0.4) is 0 Å². The molecule has 2 N–H and O–H groups in total. The zero-order valence-electron chi connectivity index (χ0n) is 10.2. The fraction of sp³-hybridized carbons (Fsp3) is 0.286. The van der Waals surface area contributed by atoms with Crippen LogP contribution >= 0.6 is 0 Å². The van der Waals surface area contributed by atoms with Crippen molar-refractivity contribution in [1.82, 2.24) is 5.32 Å². The minimum Gasteiger partial charge on any atom is -0.480 e. The Labute approximate surface area is 110 Å². The van der Waals surface area contributed by atoms with E-state index in [0.29, 0.717) is 12.8 Å². The Morgan fingerprint density at radius 2 is 2.00 bits per heavy atom. The molecule has 1 rings (SSSR count). The van der Waals surface area contributed by atoms with Gasteiger partial charge in [-0.25, -0.2) is 9.18 Å². The van der Waals surface area contributed by atoms with Crippen LogP contribution in [-0.2, 0) is 4.79 Å². The largest absolute Gasteiger partial charge is 0.480 e. The number of hydrogen-bond acceptors (Lipinski definition) is 2. The number of carboxylic acid groups (broad SMARTS) is 1. The van der Waals surface area contributed by atoms with Gasteiger partial charge in [-0.1, -0.05) is 0 Å². The van der Waals surface area contributed by atoms with Crippen molar-refractivity contribution in [3.8, 4) is 12.3 Å². The zero-order chi connectivity index (χ0) is 14.3. The predicted octanol–water partition coefficient (Wildman–Crippen LogP) is 1.81. The van der Waals surface area contributed by atoms with E-state index in [1.54, 1.807) is 0 Å². The predicted molar refractivity (Wildman–Crippen MR) is 68.0 cm³/mol. The van der Waals surface area contributed by atoms with Crippen molar-refractivity contribution in [3.05, 3.63) is 35.6 Å². The molecule has 0 aliphatic rings. The van der Waals surface area contributed by atoms with Crippen LogP contribution in [0, 0.1) is 18.2 Å². The van der Waals surface area contributed by atoms with Gasteiger partial charge in [-0.3, -0.25) is 4.79 Å². The average molecular weight is 263 g/mol. The molecule has 1 aromatic rings. The number of carboxylic acids is 1. The van der Waals surface area contributed by atoms with Crippen LogP contribution < -0.4 is 5.32 Å². The summed E-state index contributed by atoms with van der Waals surface area (Å²) in [5.41, 5.74) is 0.213. The molecule has 0 saturated heterocycles. The molecular weight excluding hydrogens is 249 g/mol. The van der Waals surface area contributed by atoms with E-state index in [1.807, 2.05) is 0 Å². The van der Waals surface area contributed by atoms with Gasteiger partial charge >= 0.3 is 5.97 Å². The van der Waals surface area contributed by atoms with Gasteiger partial charge in [0.15, 0.2) is 0 Å². The van der Waals surface area contributed by atoms with Crippen molar-refractivity contribution >= 4 is 11.9 Å². The van der Waals surface area contributed by atoms with Gasteiger partial charge in [0.1, 0.15) is 11.9 Å². The Morgan fingerprint density at radius 3 is 2.53 bits per heavy atom. The normalized spacial score (nSPS) is 11.4. The summed E-state index contributed by atoms with van der Waals surface area (Å²) in [7, 11) is 0. The first-order valence-electron chi connectivity index (χ1n) is 5.77. The molecule has 0 aliphatic carbocycles. The topological polar surface area (TPSA) is 66.4 Å². The molecule has 19 heavy (non-hydrogen) atoms. The number of rotatable bonds is 6. The van der Waals surface area contributed by atoms with E-state index >= 15 is 0 Å². The second kappa shape index (κ2) is 7.17. The molecule has 0 aliphatic heterocycles. The molecule has 0 radical (unpaired) electrons. The lowest BCUT2D eigenvalue weighted by Gasteiger charge is -2.13. The number of hydrogen-bond donors (Lipinski definition) is 2. The maximum atomic E-state index is 12.7. The number of aliphatic carboxylic acids is 1. The Hall–Kier alpha value is -2.35. The summed E-state index contributed by atoms with van der Waals surface area (Å²) >= 11 is 0. The van der Waals surface area contributed by atoms with Gasteiger partial charge in [0.25, 0.3) is 5.91 Å².